The fourth-order valence-corrected chi connectivity index (χ4v) is 2.76. The molecule has 1 nitrogen and oxygen atoms in total. The molecule has 0 aromatic carbocycles. The van der Waals surface area contributed by atoms with Crippen molar-refractivity contribution in [3.63, 3.8) is 0 Å². The Bertz CT molecular complexity index is 408. The molecular weight excluding hydrogens is 256 g/mol. The Balaban J connectivity index is 2.82. The lowest BCUT2D eigenvalue weighted by molar-refractivity contribution is 0.102. The van der Waals surface area contributed by atoms with Gasteiger partial charge in [0.25, 0.3) is 0 Å². The fourth-order valence-electron chi connectivity index (χ4n) is 2.76. The molecule has 0 saturated carbocycles. The van der Waals surface area contributed by atoms with Crippen LogP contribution in [0.15, 0.2) is 35.5 Å². The average molecular weight is 290 g/mol. The van der Waals surface area contributed by atoms with Crippen LogP contribution in [0.25, 0.3) is 0 Å². The summed E-state index contributed by atoms with van der Waals surface area (Å²) in [5.41, 5.74) is 2.43. The molecule has 0 spiro atoms. The van der Waals surface area contributed by atoms with Crippen LogP contribution >= 0.6 is 0 Å². The van der Waals surface area contributed by atoms with Gasteiger partial charge in [-0.3, -0.25) is 0 Å². The monoisotopic (exact) mass is 290 g/mol. The third-order valence-electron chi connectivity index (χ3n) is 4.46. The van der Waals surface area contributed by atoms with E-state index in [1.165, 1.54) is 30.4 Å². The number of hydrogen-bond acceptors (Lipinski definition) is 1. The second-order valence-corrected chi connectivity index (χ2v) is 7.71. The lowest BCUT2D eigenvalue weighted by Gasteiger charge is -2.24. The van der Waals surface area contributed by atoms with Crippen LogP contribution in [0.2, 0.25) is 0 Å². The molecule has 0 bridgehead atoms. The van der Waals surface area contributed by atoms with Gasteiger partial charge in [0.1, 0.15) is 0 Å². The highest BCUT2D eigenvalue weighted by Gasteiger charge is 2.19. The van der Waals surface area contributed by atoms with E-state index in [4.69, 9.17) is 0 Å². The third kappa shape index (κ3) is 8.26. The van der Waals surface area contributed by atoms with E-state index in [1.54, 1.807) is 0 Å². The van der Waals surface area contributed by atoms with Gasteiger partial charge in [-0.05, 0) is 71.1 Å². The number of allylic oxidation sites excluding steroid dienone is 5. The molecule has 1 aliphatic carbocycles. The van der Waals surface area contributed by atoms with E-state index < -0.39 is 5.60 Å². The predicted octanol–water partition coefficient (Wildman–Crippen LogP) is 5.96. The largest absolute Gasteiger partial charge is 0.386 e. The molecule has 0 radical (unpaired) electrons. The maximum Gasteiger partial charge on any atom is 0.0802 e. The van der Waals surface area contributed by atoms with Gasteiger partial charge in [0.2, 0.25) is 0 Å². The van der Waals surface area contributed by atoms with Crippen LogP contribution < -0.4 is 0 Å². The van der Waals surface area contributed by atoms with E-state index in [9.17, 15) is 5.11 Å². The molecule has 21 heavy (non-hydrogen) atoms. The van der Waals surface area contributed by atoms with Gasteiger partial charge < -0.3 is 5.11 Å². The van der Waals surface area contributed by atoms with Gasteiger partial charge >= 0.3 is 0 Å². The summed E-state index contributed by atoms with van der Waals surface area (Å²) in [6, 6.07) is 0. The van der Waals surface area contributed by atoms with Gasteiger partial charge in [0, 0.05) is 0 Å². The van der Waals surface area contributed by atoms with Gasteiger partial charge in [-0.1, -0.05) is 49.3 Å². The summed E-state index contributed by atoms with van der Waals surface area (Å²) >= 11 is 0. The summed E-state index contributed by atoms with van der Waals surface area (Å²) in [6.45, 7) is 10.9. The molecule has 1 heteroatoms. The maximum absolute atomic E-state index is 10.5. The highest BCUT2D eigenvalue weighted by Crippen LogP contribution is 2.28. The zero-order valence-corrected chi connectivity index (χ0v) is 14.7. The first-order valence-electron chi connectivity index (χ1n) is 8.44. The molecule has 0 saturated heterocycles. The van der Waals surface area contributed by atoms with Crippen molar-refractivity contribution >= 4 is 0 Å². The Morgan fingerprint density at radius 2 is 1.48 bits per heavy atom. The zero-order chi connectivity index (χ0) is 15.9. The van der Waals surface area contributed by atoms with E-state index in [0.29, 0.717) is 0 Å². The molecular formula is C20H34O. The second-order valence-electron chi connectivity index (χ2n) is 7.71. The van der Waals surface area contributed by atoms with Crippen LogP contribution in [0.1, 0.15) is 79.6 Å². The topological polar surface area (TPSA) is 20.2 Å². The van der Waals surface area contributed by atoms with E-state index in [-0.39, 0.29) is 5.41 Å². The Morgan fingerprint density at radius 1 is 0.857 bits per heavy atom. The van der Waals surface area contributed by atoms with Crippen molar-refractivity contribution < 1.29 is 5.11 Å². The molecule has 0 fully saturated rings. The molecule has 0 amide bonds. The van der Waals surface area contributed by atoms with E-state index in [2.05, 4.69) is 45.9 Å². The molecule has 0 heterocycles. The molecule has 1 aliphatic rings. The smallest absolute Gasteiger partial charge is 0.0802 e. The standard InChI is InChI=1S/C20H34O/c1-17-9-6-10-18(2)12-8-14-20(5,21)16-15-19(3,4)13-7-11-17/h9,12,15-16,21H,6-8,10-11,13-14H2,1-5H3. The summed E-state index contributed by atoms with van der Waals surface area (Å²) in [7, 11) is 0. The molecule has 0 aromatic rings. The minimum absolute atomic E-state index is 0.163. The number of hydrogen-bond donors (Lipinski definition) is 1. The van der Waals surface area contributed by atoms with Crippen LogP contribution in [0.5, 0.6) is 0 Å². The van der Waals surface area contributed by atoms with Gasteiger partial charge in [0.05, 0.1) is 5.60 Å². The number of rotatable bonds is 0. The SMILES string of the molecule is CC1=CCCC(C)(O)C=CC(C)(C)CCCC(C)=CCC1. The van der Waals surface area contributed by atoms with Crippen LogP contribution in [-0.4, -0.2) is 10.7 Å². The normalized spacial score (nSPS) is 29.0. The first-order chi connectivity index (χ1) is 9.70. The lowest BCUT2D eigenvalue weighted by Crippen LogP contribution is -2.21. The number of aliphatic hydroxyl groups is 1. The van der Waals surface area contributed by atoms with Crippen molar-refractivity contribution in [2.24, 2.45) is 5.41 Å². The Morgan fingerprint density at radius 3 is 2.19 bits per heavy atom. The highest BCUT2D eigenvalue weighted by atomic mass is 16.3. The van der Waals surface area contributed by atoms with Crippen molar-refractivity contribution in [2.75, 3.05) is 0 Å². The average Bonchev–Trinajstić information content (AvgIpc) is 2.36. The van der Waals surface area contributed by atoms with Crippen LogP contribution in [-0.2, 0) is 0 Å². The molecule has 1 unspecified atom stereocenters. The third-order valence-corrected chi connectivity index (χ3v) is 4.46. The Hall–Kier alpha value is -0.820. The minimum Gasteiger partial charge on any atom is -0.386 e. The highest BCUT2D eigenvalue weighted by molar-refractivity contribution is 5.08. The van der Waals surface area contributed by atoms with E-state index in [0.717, 1.165) is 25.7 Å². The van der Waals surface area contributed by atoms with Crippen LogP contribution in [0, 0.1) is 5.41 Å². The summed E-state index contributed by atoms with van der Waals surface area (Å²) in [5, 5.41) is 10.5. The first-order valence-corrected chi connectivity index (χ1v) is 8.44. The van der Waals surface area contributed by atoms with E-state index in [1.807, 2.05) is 13.0 Å². The van der Waals surface area contributed by atoms with Crippen molar-refractivity contribution in [3.05, 3.63) is 35.5 Å². The predicted molar refractivity (Wildman–Crippen MR) is 93.4 cm³/mol. The molecule has 0 aromatic heterocycles. The van der Waals surface area contributed by atoms with E-state index >= 15 is 0 Å². The maximum atomic E-state index is 10.5. The van der Waals surface area contributed by atoms with Crippen molar-refractivity contribution in [3.8, 4) is 0 Å². The first kappa shape index (κ1) is 18.2. The lowest BCUT2D eigenvalue weighted by atomic mass is 9.84. The summed E-state index contributed by atoms with van der Waals surface area (Å²) in [4.78, 5) is 0. The molecule has 120 valence electrons. The van der Waals surface area contributed by atoms with Crippen molar-refractivity contribution in [1.29, 1.82) is 0 Å². The van der Waals surface area contributed by atoms with Crippen molar-refractivity contribution in [2.45, 2.75) is 85.2 Å². The fraction of sp³-hybridized carbons (Fsp3) is 0.700. The minimum atomic E-state index is -0.692. The van der Waals surface area contributed by atoms with Gasteiger partial charge in [0.15, 0.2) is 0 Å². The summed E-state index contributed by atoms with van der Waals surface area (Å²) in [6.07, 6.45) is 16.5. The van der Waals surface area contributed by atoms with Gasteiger partial charge in [-0.2, -0.15) is 0 Å². The second kappa shape index (κ2) is 7.98. The molecule has 1 N–H and O–H groups in total. The molecule has 1 rings (SSSR count). The van der Waals surface area contributed by atoms with Gasteiger partial charge in [-0.15, -0.1) is 0 Å². The Labute approximate surface area is 131 Å². The van der Waals surface area contributed by atoms with Crippen LogP contribution in [0.4, 0.5) is 0 Å². The Kier molecular flexibility index (Phi) is 6.93. The van der Waals surface area contributed by atoms with Gasteiger partial charge in [-0.25, -0.2) is 0 Å². The molecule has 1 atom stereocenters. The summed E-state index contributed by atoms with van der Waals surface area (Å²) in [5.74, 6) is 0. The van der Waals surface area contributed by atoms with Crippen molar-refractivity contribution in [1.82, 2.24) is 0 Å². The summed E-state index contributed by atoms with van der Waals surface area (Å²) < 4.78 is 0. The molecule has 0 aliphatic heterocycles. The van der Waals surface area contributed by atoms with Crippen LogP contribution in [0.3, 0.4) is 0 Å². The zero-order valence-electron chi connectivity index (χ0n) is 14.7. The quantitative estimate of drug-likeness (QED) is 0.546.